The summed E-state index contributed by atoms with van der Waals surface area (Å²) in [6.07, 6.45) is 2.41. The molecule has 1 aliphatic heterocycles. The second kappa shape index (κ2) is 4.29. The Bertz CT molecular complexity index is 325. The maximum Gasteiger partial charge on any atom is 0.123 e. The van der Waals surface area contributed by atoms with Crippen LogP contribution < -0.4 is 5.73 Å². The summed E-state index contributed by atoms with van der Waals surface area (Å²) in [7, 11) is 0. The largest absolute Gasteiger partial charge is 0.373 e. The van der Waals surface area contributed by atoms with Crippen molar-refractivity contribution in [2.45, 2.75) is 38.0 Å². The zero-order valence-electron chi connectivity index (χ0n) is 8.82. The van der Waals surface area contributed by atoms with Gasteiger partial charge in [-0.05, 0) is 37.5 Å². The van der Waals surface area contributed by atoms with Gasteiger partial charge in [-0.15, -0.1) is 0 Å². The summed E-state index contributed by atoms with van der Waals surface area (Å²) in [5.74, 6) is -0.230. The van der Waals surface area contributed by atoms with E-state index in [-0.39, 0.29) is 18.0 Å². The maximum absolute atomic E-state index is 12.7. The van der Waals surface area contributed by atoms with Crippen LogP contribution in [0.1, 0.15) is 31.4 Å². The number of benzene rings is 1. The van der Waals surface area contributed by atoms with Gasteiger partial charge in [0, 0.05) is 0 Å². The molecule has 3 heteroatoms. The van der Waals surface area contributed by atoms with E-state index in [1.807, 2.05) is 0 Å². The van der Waals surface area contributed by atoms with E-state index >= 15 is 0 Å². The van der Waals surface area contributed by atoms with Crippen LogP contribution in [-0.2, 0) is 4.74 Å². The lowest BCUT2D eigenvalue weighted by Gasteiger charge is -2.19. The van der Waals surface area contributed by atoms with Gasteiger partial charge in [0.2, 0.25) is 0 Å². The van der Waals surface area contributed by atoms with Crippen molar-refractivity contribution in [3.8, 4) is 0 Å². The molecule has 0 amide bonds. The van der Waals surface area contributed by atoms with E-state index < -0.39 is 0 Å². The quantitative estimate of drug-likeness (QED) is 0.811. The minimum atomic E-state index is -0.230. The first-order chi connectivity index (χ1) is 7.16. The van der Waals surface area contributed by atoms with Crippen LogP contribution in [0.3, 0.4) is 0 Å². The monoisotopic (exact) mass is 209 g/mol. The number of hydrogen-bond acceptors (Lipinski definition) is 2. The Balaban J connectivity index is 2.07. The van der Waals surface area contributed by atoms with Gasteiger partial charge in [0.25, 0.3) is 0 Å². The van der Waals surface area contributed by atoms with Gasteiger partial charge < -0.3 is 10.5 Å². The van der Waals surface area contributed by atoms with E-state index in [0.717, 1.165) is 18.4 Å². The first-order valence-electron chi connectivity index (χ1n) is 5.33. The molecule has 1 aromatic carbocycles. The van der Waals surface area contributed by atoms with Gasteiger partial charge in [-0.1, -0.05) is 12.1 Å². The minimum Gasteiger partial charge on any atom is -0.373 e. The smallest absolute Gasteiger partial charge is 0.123 e. The van der Waals surface area contributed by atoms with Crippen LogP contribution in [0.4, 0.5) is 4.39 Å². The zero-order valence-corrected chi connectivity index (χ0v) is 8.82. The van der Waals surface area contributed by atoms with Crippen LogP contribution in [-0.4, -0.2) is 12.2 Å². The average molecular weight is 209 g/mol. The Morgan fingerprint density at radius 3 is 2.53 bits per heavy atom. The van der Waals surface area contributed by atoms with Gasteiger partial charge in [0.05, 0.1) is 18.2 Å². The normalized spacial score (nSPS) is 27.9. The third-order valence-corrected chi connectivity index (χ3v) is 2.92. The first-order valence-corrected chi connectivity index (χ1v) is 5.33. The SMILES string of the molecule is CC1CCC(C(N)c2ccc(F)cc2)O1. The number of rotatable bonds is 2. The van der Waals surface area contributed by atoms with Gasteiger partial charge in [-0.25, -0.2) is 4.39 Å². The molecular weight excluding hydrogens is 193 g/mol. The first kappa shape index (κ1) is 10.6. The molecule has 0 saturated carbocycles. The topological polar surface area (TPSA) is 35.2 Å². The van der Waals surface area contributed by atoms with Gasteiger partial charge in [-0.3, -0.25) is 0 Å². The van der Waals surface area contributed by atoms with Crippen molar-refractivity contribution in [2.75, 3.05) is 0 Å². The lowest BCUT2D eigenvalue weighted by molar-refractivity contribution is 0.0401. The van der Waals surface area contributed by atoms with Crippen LogP contribution in [0.25, 0.3) is 0 Å². The summed E-state index contributed by atoms with van der Waals surface area (Å²) in [4.78, 5) is 0. The van der Waals surface area contributed by atoms with Gasteiger partial charge >= 0.3 is 0 Å². The van der Waals surface area contributed by atoms with E-state index in [2.05, 4.69) is 6.92 Å². The molecule has 0 aromatic heterocycles. The van der Waals surface area contributed by atoms with E-state index in [4.69, 9.17) is 10.5 Å². The van der Waals surface area contributed by atoms with Crippen molar-refractivity contribution in [2.24, 2.45) is 5.73 Å². The molecule has 0 aliphatic carbocycles. The molecule has 2 N–H and O–H groups in total. The maximum atomic E-state index is 12.7. The fourth-order valence-corrected chi connectivity index (χ4v) is 2.00. The Labute approximate surface area is 89.2 Å². The Morgan fingerprint density at radius 2 is 2.00 bits per heavy atom. The molecule has 82 valence electrons. The molecule has 2 rings (SSSR count). The molecule has 3 unspecified atom stereocenters. The molecule has 0 radical (unpaired) electrons. The molecular formula is C12H16FNO. The fourth-order valence-electron chi connectivity index (χ4n) is 2.00. The third kappa shape index (κ3) is 2.36. The lowest BCUT2D eigenvalue weighted by atomic mass is 10.0. The van der Waals surface area contributed by atoms with Crippen molar-refractivity contribution < 1.29 is 9.13 Å². The third-order valence-electron chi connectivity index (χ3n) is 2.92. The van der Waals surface area contributed by atoms with E-state index in [1.54, 1.807) is 12.1 Å². The van der Waals surface area contributed by atoms with Gasteiger partial charge in [0.1, 0.15) is 5.82 Å². The summed E-state index contributed by atoms with van der Waals surface area (Å²) in [5, 5.41) is 0. The second-order valence-electron chi connectivity index (χ2n) is 4.14. The van der Waals surface area contributed by atoms with Crippen molar-refractivity contribution >= 4 is 0 Å². The highest BCUT2D eigenvalue weighted by atomic mass is 19.1. The molecule has 0 bridgehead atoms. The second-order valence-corrected chi connectivity index (χ2v) is 4.14. The summed E-state index contributed by atoms with van der Waals surface area (Å²) in [6, 6.07) is 6.19. The molecule has 1 saturated heterocycles. The average Bonchev–Trinajstić information content (AvgIpc) is 2.65. The van der Waals surface area contributed by atoms with Crippen molar-refractivity contribution in [3.63, 3.8) is 0 Å². The van der Waals surface area contributed by atoms with E-state index in [0.29, 0.717) is 6.10 Å². The van der Waals surface area contributed by atoms with Crippen molar-refractivity contribution in [1.82, 2.24) is 0 Å². The summed E-state index contributed by atoms with van der Waals surface area (Å²) >= 11 is 0. The molecule has 2 nitrogen and oxygen atoms in total. The van der Waals surface area contributed by atoms with Crippen LogP contribution in [0.5, 0.6) is 0 Å². The standard InChI is InChI=1S/C12H16FNO/c1-8-2-7-11(15-8)12(14)9-3-5-10(13)6-4-9/h3-6,8,11-12H,2,7,14H2,1H3. The molecule has 15 heavy (non-hydrogen) atoms. The predicted molar refractivity (Wildman–Crippen MR) is 56.9 cm³/mol. The molecule has 1 heterocycles. The number of hydrogen-bond donors (Lipinski definition) is 1. The zero-order chi connectivity index (χ0) is 10.8. The fraction of sp³-hybridized carbons (Fsp3) is 0.500. The van der Waals surface area contributed by atoms with Crippen LogP contribution in [0.2, 0.25) is 0 Å². The number of ether oxygens (including phenoxy) is 1. The summed E-state index contributed by atoms with van der Waals surface area (Å²) in [6.45, 7) is 2.05. The van der Waals surface area contributed by atoms with Crippen LogP contribution >= 0.6 is 0 Å². The number of nitrogens with two attached hydrogens (primary N) is 1. The molecule has 1 aliphatic rings. The molecule has 1 aromatic rings. The summed E-state index contributed by atoms with van der Waals surface area (Å²) in [5.41, 5.74) is 7.01. The number of halogens is 1. The van der Waals surface area contributed by atoms with Crippen LogP contribution in [0, 0.1) is 5.82 Å². The Kier molecular flexibility index (Phi) is 3.03. The lowest BCUT2D eigenvalue weighted by Crippen LogP contribution is -2.26. The van der Waals surface area contributed by atoms with Gasteiger partial charge in [-0.2, -0.15) is 0 Å². The van der Waals surface area contributed by atoms with Crippen LogP contribution in [0.15, 0.2) is 24.3 Å². The molecule has 3 atom stereocenters. The van der Waals surface area contributed by atoms with Crippen molar-refractivity contribution in [1.29, 1.82) is 0 Å². The minimum absolute atomic E-state index is 0.0745. The predicted octanol–water partition coefficient (Wildman–Crippen LogP) is 2.39. The summed E-state index contributed by atoms with van der Waals surface area (Å²) < 4.78 is 18.4. The Hall–Kier alpha value is -0.930. The Morgan fingerprint density at radius 1 is 1.33 bits per heavy atom. The van der Waals surface area contributed by atoms with Crippen molar-refractivity contribution in [3.05, 3.63) is 35.6 Å². The highest BCUT2D eigenvalue weighted by Crippen LogP contribution is 2.28. The van der Waals surface area contributed by atoms with E-state index in [9.17, 15) is 4.39 Å². The van der Waals surface area contributed by atoms with E-state index in [1.165, 1.54) is 12.1 Å². The highest BCUT2D eigenvalue weighted by molar-refractivity contribution is 5.20. The van der Waals surface area contributed by atoms with Gasteiger partial charge in [0.15, 0.2) is 0 Å². The highest BCUT2D eigenvalue weighted by Gasteiger charge is 2.28. The molecule has 1 fully saturated rings. The molecule has 0 spiro atoms.